The van der Waals surface area contributed by atoms with Gasteiger partial charge in [0.2, 0.25) is 0 Å². The highest BCUT2D eigenvalue weighted by Gasteiger charge is 1.90. The quantitative estimate of drug-likeness (QED) is 0.530. The normalized spacial score (nSPS) is 10.5. The van der Waals surface area contributed by atoms with E-state index < -0.39 is 0 Å². The average molecular weight is 132 g/mol. The Morgan fingerprint density at radius 3 is 2.38 bits per heavy atom. The summed E-state index contributed by atoms with van der Waals surface area (Å²) in [6.45, 7) is 4.56. The van der Waals surface area contributed by atoms with Crippen LogP contribution in [0.15, 0.2) is 0 Å². The summed E-state index contributed by atoms with van der Waals surface area (Å²) >= 11 is 1.94. The van der Waals surface area contributed by atoms with Gasteiger partial charge in [-0.2, -0.15) is 11.8 Å². The summed E-state index contributed by atoms with van der Waals surface area (Å²) in [5.41, 5.74) is 0. The van der Waals surface area contributed by atoms with Gasteiger partial charge in [0.1, 0.15) is 0 Å². The van der Waals surface area contributed by atoms with Gasteiger partial charge in [-0.05, 0) is 24.3 Å². The first-order chi connectivity index (χ1) is 3.77. The van der Waals surface area contributed by atoms with E-state index in [4.69, 9.17) is 0 Å². The molecule has 0 atom stereocenters. The SMILES string of the molecule is CSCCCC(C)C. The maximum Gasteiger partial charge on any atom is -0.00702 e. The molecule has 0 rings (SSSR count). The topological polar surface area (TPSA) is 0 Å². The Morgan fingerprint density at radius 2 is 2.00 bits per heavy atom. The van der Waals surface area contributed by atoms with Crippen LogP contribution < -0.4 is 0 Å². The molecule has 0 fully saturated rings. The van der Waals surface area contributed by atoms with E-state index >= 15 is 0 Å². The van der Waals surface area contributed by atoms with Crippen molar-refractivity contribution >= 4 is 11.8 Å². The van der Waals surface area contributed by atoms with Crippen molar-refractivity contribution in [1.82, 2.24) is 0 Å². The fourth-order valence-corrected chi connectivity index (χ4v) is 1.09. The van der Waals surface area contributed by atoms with Gasteiger partial charge in [-0.15, -0.1) is 0 Å². The van der Waals surface area contributed by atoms with Gasteiger partial charge in [-0.3, -0.25) is 0 Å². The van der Waals surface area contributed by atoms with Crippen LogP contribution in [0.5, 0.6) is 0 Å². The van der Waals surface area contributed by atoms with E-state index in [-0.39, 0.29) is 0 Å². The van der Waals surface area contributed by atoms with E-state index in [1.54, 1.807) is 0 Å². The Balaban J connectivity index is 2.72. The van der Waals surface area contributed by atoms with Crippen molar-refractivity contribution in [3.05, 3.63) is 0 Å². The standard InChI is InChI=1S/C7H16S/c1-7(2)5-4-6-8-3/h7H,4-6H2,1-3H3. The van der Waals surface area contributed by atoms with E-state index in [0.717, 1.165) is 5.92 Å². The minimum Gasteiger partial charge on any atom is -0.165 e. The molecule has 0 saturated carbocycles. The minimum atomic E-state index is 0.891. The van der Waals surface area contributed by atoms with Gasteiger partial charge in [0, 0.05) is 0 Å². The van der Waals surface area contributed by atoms with Gasteiger partial charge < -0.3 is 0 Å². The molecule has 0 aromatic heterocycles. The molecule has 0 N–H and O–H groups in total. The third-order valence-corrected chi connectivity index (χ3v) is 1.83. The Morgan fingerprint density at radius 1 is 1.38 bits per heavy atom. The van der Waals surface area contributed by atoms with Gasteiger partial charge in [0.05, 0.1) is 0 Å². The van der Waals surface area contributed by atoms with Crippen molar-refractivity contribution in [1.29, 1.82) is 0 Å². The first-order valence-electron chi connectivity index (χ1n) is 3.26. The number of rotatable bonds is 4. The molecule has 0 amide bonds. The Bertz CT molecular complexity index is 41.7. The molecule has 0 unspecified atom stereocenters. The first kappa shape index (κ1) is 8.35. The molecule has 0 aliphatic rings. The second kappa shape index (κ2) is 5.49. The van der Waals surface area contributed by atoms with Gasteiger partial charge in [-0.25, -0.2) is 0 Å². The predicted molar refractivity (Wildman–Crippen MR) is 42.5 cm³/mol. The molecule has 0 aliphatic carbocycles. The summed E-state index contributed by atoms with van der Waals surface area (Å²) in [5.74, 6) is 2.22. The van der Waals surface area contributed by atoms with Crippen molar-refractivity contribution in [2.24, 2.45) is 5.92 Å². The number of thioether (sulfide) groups is 1. The number of hydrogen-bond donors (Lipinski definition) is 0. The predicted octanol–water partition coefficient (Wildman–Crippen LogP) is 2.79. The monoisotopic (exact) mass is 132 g/mol. The summed E-state index contributed by atoms with van der Waals surface area (Å²) in [4.78, 5) is 0. The maximum absolute atomic E-state index is 2.28. The van der Waals surface area contributed by atoms with Crippen molar-refractivity contribution in [3.8, 4) is 0 Å². The van der Waals surface area contributed by atoms with Crippen LogP contribution in [-0.2, 0) is 0 Å². The summed E-state index contributed by atoms with van der Waals surface area (Å²) in [6.07, 6.45) is 4.94. The smallest absolute Gasteiger partial charge is 0.00702 e. The zero-order valence-corrected chi connectivity index (χ0v) is 6.92. The number of hydrogen-bond acceptors (Lipinski definition) is 1. The van der Waals surface area contributed by atoms with Crippen molar-refractivity contribution in [2.45, 2.75) is 26.7 Å². The average Bonchev–Trinajstić information content (AvgIpc) is 1.66. The van der Waals surface area contributed by atoms with Crippen molar-refractivity contribution < 1.29 is 0 Å². The highest BCUT2D eigenvalue weighted by Crippen LogP contribution is 2.06. The lowest BCUT2D eigenvalue weighted by Crippen LogP contribution is -1.87. The maximum atomic E-state index is 2.28. The fraction of sp³-hybridized carbons (Fsp3) is 1.00. The summed E-state index contributed by atoms with van der Waals surface area (Å²) in [6, 6.07) is 0. The van der Waals surface area contributed by atoms with Gasteiger partial charge in [0.25, 0.3) is 0 Å². The zero-order valence-electron chi connectivity index (χ0n) is 6.11. The molecular weight excluding hydrogens is 116 g/mol. The lowest BCUT2D eigenvalue weighted by Gasteiger charge is -2.00. The molecule has 0 radical (unpaired) electrons. The van der Waals surface area contributed by atoms with Crippen LogP contribution in [0, 0.1) is 5.92 Å². The lowest BCUT2D eigenvalue weighted by molar-refractivity contribution is 0.579. The first-order valence-corrected chi connectivity index (χ1v) is 4.65. The molecule has 0 heterocycles. The van der Waals surface area contributed by atoms with E-state index in [2.05, 4.69) is 20.1 Å². The highest BCUT2D eigenvalue weighted by molar-refractivity contribution is 7.98. The van der Waals surface area contributed by atoms with E-state index in [1.807, 2.05) is 11.8 Å². The summed E-state index contributed by atoms with van der Waals surface area (Å²) in [5, 5.41) is 0. The Labute approximate surface area is 57.1 Å². The third kappa shape index (κ3) is 6.35. The van der Waals surface area contributed by atoms with Crippen LogP contribution in [0.1, 0.15) is 26.7 Å². The molecule has 8 heavy (non-hydrogen) atoms. The molecule has 0 aliphatic heterocycles. The van der Waals surface area contributed by atoms with Crippen LogP contribution in [0.25, 0.3) is 0 Å². The summed E-state index contributed by atoms with van der Waals surface area (Å²) in [7, 11) is 0. The second-order valence-electron chi connectivity index (χ2n) is 2.53. The van der Waals surface area contributed by atoms with Gasteiger partial charge in [-0.1, -0.05) is 20.3 Å². The molecule has 1 heteroatoms. The van der Waals surface area contributed by atoms with Crippen LogP contribution in [0.2, 0.25) is 0 Å². The van der Waals surface area contributed by atoms with Crippen LogP contribution in [0.3, 0.4) is 0 Å². The minimum absolute atomic E-state index is 0.891. The Hall–Kier alpha value is 0.350. The lowest BCUT2D eigenvalue weighted by atomic mass is 10.1. The zero-order chi connectivity index (χ0) is 6.41. The van der Waals surface area contributed by atoms with Crippen molar-refractivity contribution in [3.63, 3.8) is 0 Å². The van der Waals surface area contributed by atoms with Gasteiger partial charge >= 0.3 is 0 Å². The highest BCUT2D eigenvalue weighted by atomic mass is 32.2. The molecule has 50 valence electrons. The molecular formula is C7H16S. The Kier molecular flexibility index (Phi) is 5.73. The molecule has 0 saturated heterocycles. The fourth-order valence-electron chi connectivity index (χ4n) is 0.636. The summed E-state index contributed by atoms with van der Waals surface area (Å²) < 4.78 is 0. The third-order valence-electron chi connectivity index (χ3n) is 1.13. The van der Waals surface area contributed by atoms with E-state index in [9.17, 15) is 0 Å². The van der Waals surface area contributed by atoms with E-state index in [0.29, 0.717) is 0 Å². The van der Waals surface area contributed by atoms with Crippen LogP contribution in [0.4, 0.5) is 0 Å². The van der Waals surface area contributed by atoms with Crippen LogP contribution >= 0.6 is 11.8 Å². The van der Waals surface area contributed by atoms with Crippen molar-refractivity contribution in [2.75, 3.05) is 12.0 Å². The molecule has 0 spiro atoms. The van der Waals surface area contributed by atoms with E-state index in [1.165, 1.54) is 18.6 Å². The molecule has 0 nitrogen and oxygen atoms in total. The molecule has 0 bridgehead atoms. The molecule has 0 aromatic carbocycles. The molecule has 0 aromatic rings. The van der Waals surface area contributed by atoms with Crippen LogP contribution in [-0.4, -0.2) is 12.0 Å². The second-order valence-corrected chi connectivity index (χ2v) is 3.51. The van der Waals surface area contributed by atoms with Gasteiger partial charge in [0.15, 0.2) is 0 Å². The largest absolute Gasteiger partial charge is 0.165 e.